The molecule has 110 valence electrons. The first-order chi connectivity index (χ1) is 8.50. The summed E-state index contributed by atoms with van der Waals surface area (Å²) in [5.41, 5.74) is -5.23. The summed E-state index contributed by atoms with van der Waals surface area (Å²) in [7, 11) is -3.82. The van der Waals surface area contributed by atoms with Crippen molar-refractivity contribution in [2.75, 3.05) is 5.75 Å². The molecule has 3 fully saturated rings. The fourth-order valence-corrected chi connectivity index (χ4v) is 8.12. The van der Waals surface area contributed by atoms with Crippen molar-refractivity contribution >= 4 is 22.0 Å². The number of hydrogen-bond acceptors (Lipinski definition) is 3. The highest BCUT2D eigenvalue weighted by Crippen LogP contribution is 2.71. The molecule has 1 saturated heterocycles. The number of halogens is 3. The third-order valence-electron chi connectivity index (χ3n) is 5.55. The number of nitrogens with zero attached hydrogens (tertiary/aromatic N) is 1. The Labute approximate surface area is 115 Å². The highest BCUT2D eigenvalue weighted by atomic mass is 32.3. The van der Waals surface area contributed by atoms with Crippen LogP contribution >= 0.6 is 11.9 Å². The van der Waals surface area contributed by atoms with E-state index in [1.807, 2.05) is 13.8 Å². The van der Waals surface area contributed by atoms with Gasteiger partial charge >= 0.3 is 5.51 Å². The molecule has 3 atom stereocenters. The summed E-state index contributed by atoms with van der Waals surface area (Å²) in [6, 6.07) is -0.488. The Kier molecular flexibility index (Phi) is 2.67. The number of sulfonamides is 1. The molecule has 0 aromatic carbocycles. The molecule has 2 aliphatic carbocycles. The van der Waals surface area contributed by atoms with Crippen LogP contribution in [0.2, 0.25) is 0 Å². The zero-order valence-electron chi connectivity index (χ0n) is 10.7. The lowest BCUT2D eigenvalue weighted by molar-refractivity contribution is -0.0360. The fourth-order valence-electron chi connectivity index (χ4n) is 4.47. The summed E-state index contributed by atoms with van der Waals surface area (Å²) >= 11 is -0.472. The highest BCUT2D eigenvalue weighted by Gasteiger charge is 2.72. The highest BCUT2D eigenvalue weighted by molar-refractivity contribution is 8.09. The van der Waals surface area contributed by atoms with E-state index in [1.165, 1.54) is 0 Å². The molecule has 2 bridgehead atoms. The Morgan fingerprint density at radius 1 is 1.32 bits per heavy atom. The number of alkyl halides is 3. The zero-order valence-corrected chi connectivity index (χ0v) is 12.3. The monoisotopic (exact) mass is 315 g/mol. The van der Waals surface area contributed by atoms with E-state index in [9.17, 15) is 21.6 Å². The summed E-state index contributed by atoms with van der Waals surface area (Å²) in [6.45, 7) is 4.03. The van der Waals surface area contributed by atoms with Crippen LogP contribution in [-0.4, -0.2) is 29.4 Å². The summed E-state index contributed by atoms with van der Waals surface area (Å²) in [4.78, 5) is 0. The lowest BCUT2D eigenvalue weighted by Gasteiger charge is -2.37. The number of fused-ring (bicyclic) bond motifs is 1. The largest absolute Gasteiger partial charge is 0.457 e. The molecule has 3 rings (SSSR count). The van der Waals surface area contributed by atoms with Crippen LogP contribution in [0.25, 0.3) is 0 Å². The van der Waals surface area contributed by atoms with E-state index in [-0.39, 0.29) is 11.2 Å². The van der Waals surface area contributed by atoms with E-state index in [0.29, 0.717) is 16.0 Å². The molecule has 1 aliphatic heterocycles. The molecule has 0 amide bonds. The van der Waals surface area contributed by atoms with Crippen molar-refractivity contribution in [3.05, 3.63) is 0 Å². The van der Waals surface area contributed by atoms with Crippen LogP contribution in [0.15, 0.2) is 0 Å². The minimum Gasteiger partial charge on any atom is -0.211 e. The van der Waals surface area contributed by atoms with Gasteiger partial charge in [0.1, 0.15) is 0 Å². The molecule has 1 spiro atoms. The van der Waals surface area contributed by atoms with E-state index in [2.05, 4.69) is 0 Å². The minimum atomic E-state index is -4.55. The lowest BCUT2D eigenvalue weighted by atomic mass is 9.69. The SMILES string of the molecule is CC1(C)C2CCC13CS(=O)(=O)N(SC(F)(F)F)C3C2. The fraction of sp³-hybridized carbons (Fsp3) is 1.00. The van der Waals surface area contributed by atoms with Gasteiger partial charge in [-0.25, -0.2) is 8.42 Å². The maximum absolute atomic E-state index is 12.6. The topological polar surface area (TPSA) is 37.4 Å². The molecule has 0 aromatic heterocycles. The van der Waals surface area contributed by atoms with Gasteiger partial charge in [0.15, 0.2) is 0 Å². The van der Waals surface area contributed by atoms with Gasteiger partial charge in [-0.3, -0.25) is 0 Å². The van der Waals surface area contributed by atoms with E-state index >= 15 is 0 Å². The molecule has 0 radical (unpaired) electrons. The van der Waals surface area contributed by atoms with Crippen molar-refractivity contribution in [1.29, 1.82) is 0 Å². The first kappa shape index (κ1) is 14.0. The number of rotatable bonds is 1. The molecule has 0 N–H and O–H groups in total. The molecular weight excluding hydrogens is 299 g/mol. The summed E-state index contributed by atoms with van der Waals surface area (Å²) in [5, 5.41) is 0. The summed E-state index contributed by atoms with van der Waals surface area (Å²) in [5.74, 6) is 0.210. The lowest BCUT2D eigenvalue weighted by Crippen LogP contribution is -2.40. The van der Waals surface area contributed by atoms with Gasteiger partial charge in [-0.2, -0.15) is 13.2 Å². The molecule has 3 nitrogen and oxygen atoms in total. The average Bonchev–Trinajstić information content (AvgIpc) is 2.66. The van der Waals surface area contributed by atoms with Crippen LogP contribution in [0.4, 0.5) is 13.2 Å². The van der Waals surface area contributed by atoms with Crippen molar-refractivity contribution in [1.82, 2.24) is 3.71 Å². The summed E-state index contributed by atoms with van der Waals surface area (Å²) < 4.78 is 62.7. The predicted molar refractivity (Wildman–Crippen MR) is 66.6 cm³/mol. The Bertz CT molecular complexity index is 517. The van der Waals surface area contributed by atoms with Crippen molar-refractivity contribution in [3.8, 4) is 0 Å². The standard InChI is InChI=1S/C11H16F3NO2S2/c1-9(2)7-3-4-10(9)6-19(16,17)15(8(10)5-7)18-11(12,13)14/h7-8H,3-6H2,1-2H3. The van der Waals surface area contributed by atoms with Crippen LogP contribution in [0.3, 0.4) is 0 Å². The summed E-state index contributed by atoms with van der Waals surface area (Å²) in [6.07, 6.45) is 2.22. The van der Waals surface area contributed by atoms with E-state index in [0.717, 1.165) is 12.8 Å². The van der Waals surface area contributed by atoms with E-state index in [1.54, 1.807) is 0 Å². The van der Waals surface area contributed by atoms with Gasteiger partial charge in [0.05, 0.1) is 5.75 Å². The first-order valence-corrected chi connectivity index (χ1v) is 8.66. The van der Waals surface area contributed by atoms with Crippen LogP contribution in [-0.2, 0) is 10.0 Å². The first-order valence-electron chi connectivity index (χ1n) is 6.28. The van der Waals surface area contributed by atoms with Crippen molar-refractivity contribution in [3.63, 3.8) is 0 Å². The van der Waals surface area contributed by atoms with Gasteiger partial charge < -0.3 is 0 Å². The minimum absolute atomic E-state index is 0.128. The molecule has 19 heavy (non-hydrogen) atoms. The molecular formula is C11H16F3NO2S2. The van der Waals surface area contributed by atoms with Gasteiger partial charge in [0.2, 0.25) is 10.0 Å². The average molecular weight is 315 g/mol. The Morgan fingerprint density at radius 2 is 1.95 bits per heavy atom. The number of hydrogen-bond donors (Lipinski definition) is 0. The maximum Gasteiger partial charge on any atom is 0.457 e. The molecule has 3 unspecified atom stereocenters. The van der Waals surface area contributed by atoms with Crippen LogP contribution in [0.1, 0.15) is 33.1 Å². The smallest absolute Gasteiger partial charge is 0.211 e. The van der Waals surface area contributed by atoms with Gasteiger partial charge in [0.25, 0.3) is 0 Å². The molecule has 3 aliphatic rings. The van der Waals surface area contributed by atoms with Crippen LogP contribution < -0.4 is 0 Å². The molecule has 0 aromatic rings. The van der Waals surface area contributed by atoms with Gasteiger partial charge in [-0.1, -0.05) is 13.8 Å². The van der Waals surface area contributed by atoms with Crippen LogP contribution in [0.5, 0.6) is 0 Å². The Morgan fingerprint density at radius 3 is 2.47 bits per heavy atom. The second-order valence-electron chi connectivity index (χ2n) is 6.41. The van der Waals surface area contributed by atoms with Crippen molar-refractivity contribution in [2.45, 2.75) is 44.7 Å². The third-order valence-corrected chi connectivity index (χ3v) is 8.78. The second-order valence-corrected chi connectivity index (χ2v) is 9.53. The van der Waals surface area contributed by atoms with Gasteiger partial charge in [-0.05, 0) is 30.6 Å². The maximum atomic E-state index is 12.6. The second kappa shape index (κ2) is 3.62. The van der Waals surface area contributed by atoms with Crippen molar-refractivity contribution in [2.24, 2.45) is 16.7 Å². The van der Waals surface area contributed by atoms with Gasteiger partial charge in [-0.15, -0.1) is 3.71 Å². The molecule has 1 heterocycles. The van der Waals surface area contributed by atoms with E-state index in [4.69, 9.17) is 0 Å². The van der Waals surface area contributed by atoms with Crippen LogP contribution in [0, 0.1) is 16.7 Å². The zero-order chi connectivity index (χ0) is 14.3. The van der Waals surface area contributed by atoms with E-state index < -0.39 is 38.9 Å². The molecule has 2 saturated carbocycles. The Balaban J connectivity index is 2.02. The predicted octanol–water partition coefficient (Wildman–Crippen LogP) is 2.99. The molecule has 8 heteroatoms. The quantitative estimate of drug-likeness (QED) is 0.698. The Hall–Kier alpha value is 0.0500. The third kappa shape index (κ3) is 1.72. The van der Waals surface area contributed by atoms with Crippen molar-refractivity contribution < 1.29 is 21.6 Å². The van der Waals surface area contributed by atoms with Gasteiger partial charge in [0, 0.05) is 23.4 Å². The normalized spacial score (nSPS) is 43.6.